The van der Waals surface area contributed by atoms with E-state index in [1.807, 2.05) is 37.3 Å². The normalized spacial score (nSPS) is 12.6. The minimum Gasteiger partial charge on any atom is -0.497 e. The number of hydrogen-bond donors (Lipinski definition) is 0. The second-order valence-electron chi connectivity index (χ2n) is 5.61. The molecule has 0 aliphatic carbocycles. The molecule has 6 heteroatoms. The summed E-state index contributed by atoms with van der Waals surface area (Å²) >= 11 is 3.46. The molecule has 0 saturated carbocycles. The van der Waals surface area contributed by atoms with E-state index < -0.39 is 0 Å². The molecule has 132 valence electrons. The second kappa shape index (κ2) is 7.78. The maximum Gasteiger partial charge on any atom is 0.255 e. The molecule has 1 aliphatic rings. The number of amides is 1. The minimum atomic E-state index is -0.0670. The van der Waals surface area contributed by atoms with Gasteiger partial charge in [0, 0.05) is 23.1 Å². The van der Waals surface area contributed by atoms with Gasteiger partial charge in [0.1, 0.15) is 19.0 Å². The molecule has 0 fully saturated rings. The van der Waals surface area contributed by atoms with Crippen molar-refractivity contribution in [3.05, 3.63) is 52.0 Å². The Balaban J connectivity index is 1.87. The average Bonchev–Trinajstić information content (AvgIpc) is 2.66. The summed E-state index contributed by atoms with van der Waals surface area (Å²) in [6, 6.07) is 11.1. The zero-order valence-corrected chi connectivity index (χ0v) is 15.8. The smallest absolute Gasteiger partial charge is 0.255 e. The van der Waals surface area contributed by atoms with Crippen molar-refractivity contribution in [1.29, 1.82) is 0 Å². The predicted octanol–water partition coefficient (Wildman–Crippen LogP) is 3.89. The number of rotatable bonds is 5. The van der Waals surface area contributed by atoms with E-state index in [4.69, 9.17) is 14.2 Å². The fourth-order valence-electron chi connectivity index (χ4n) is 2.76. The van der Waals surface area contributed by atoms with Crippen molar-refractivity contribution < 1.29 is 19.0 Å². The summed E-state index contributed by atoms with van der Waals surface area (Å²) in [5.41, 5.74) is 1.51. The first-order chi connectivity index (χ1) is 12.1. The average molecular weight is 406 g/mol. The van der Waals surface area contributed by atoms with Crippen LogP contribution in [-0.2, 0) is 6.54 Å². The van der Waals surface area contributed by atoms with Crippen LogP contribution in [0, 0.1) is 0 Å². The van der Waals surface area contributed by atoms with Gasteiger partial charge < -0.3 is 19.1 Å². The number of carbonyl (C=O) groups excluding carboxylic acids is 1. The van der Waals surface area contributed by atoms with Crippen LogP contribution < -0.4 is 14.2 Å². The fourth-order valence-corrected chi connectivity index (χ4v) is 3.17. The summed E-state index contributed by atoms with van der Waals surface area (Å²) in [6.45, 7) is 4.05. The molecule has 1 amide bonds. The number of fused-ring (bicyclic) bond motifs is 1. The Kier molecular flexibility index (Phi) is 5.48. The van der Waals surface area contributed by atoms with Crippen LogP contribution in [0.4, 0.5) is 0 Å². The summed E-state index contributed by atoms with van der Waals surface area (Å²) in [5.74, 6) is 2.04. The second-order valence-corrected chi connectivity index (χ2v) is 6.46. The third kappa shape index (κ3) is 3.74. The van der Waals surface area contributed by atoms with E-state index in [1.165, 1.54) is 0 Å². The number of para-hydroxylation sites is 1. The first-order valence-electron chi connectivity index (χ1n) is 8.14. The van der Waals surface area contributed by atoms with Crippen molar-refractivity contribution in [2.24, 2.45) is 0 Å². The maximum absolute atomic E-state index is 13.0. The lowest BCUT2D eigenvalue weighted by atomic mass is 10.1. The van der Waals surface area contributed by atoms with E-state index in [0.717, 1.165) is 21.5 Å². The topological polar surface area (TPSA) is 48.0 Å². The predicted molar refractivity (Wildman–Crippen MR) is 98.5 cm³/mol. The molecule has 0 N–H and O–H groups in total. The van der Waals surface area contributed by atoms with Crippen LogP contribution in [0.1, 0.15) is 22.8 Å². The van der Waals surface area contributed by atoms with Crippen LogP contribution in [0.25, 0.3) is 0 Å². The van der Waals surface area contributed by atoms with E-state index in [1.54, 1.807) is 18.1 Å². The molecule has 0 saturated heterocycles. The minimum absolute atomic E-state index is 0.0670. The highest BCUT2D eigenvalue weighted by Crippen LogP contribution is 2.34. The molecule has 2 aromatic rings. The third-order valence-electron chi connectivity index (χ3n) is 4.08. The number of hydrogen-bond acceptors (Lipinski definition) is 4. The number of benzene rings is 2. The lowest BCUT2D eigenvalue weighted by molar-refractivity contribution is 0.0748. The van der Waals surface area contributed by atoms with Crippen LogP contribution in [0.15, 0.2) is 40.9 Å². The van der Waals surface area contributed by atoms with Gasteiger partial charge in [0.2, 0.25) is 0 Å². The number of nitrogens with zero attached hydrogens (tertiary/aromatic N) is 1. The van der Waals surface area contributed by atoms with Crippen molar-refractivity contribution in [2.75, 3.05) is 26.9 Å². The SMILES string of the molecule is CCN(Cc1cccc2c1OCCO2)C(=O)c1cc(OC)ccc1Br. The zero-order chi connectivity index (χ0) is 17.8. The van der Waals surface area contributed by atoms with Gasteiger partial charge in [0.05, 0.1) is 12.7 Å². The molecule has 0 atom stereocenters. The van der Waals surface area contributed by atoms with E-state index >= 15 is 0 Å². The van der Waals surface area contributed by atoms with Gasteiger partial charge in [0.25, 0.3) is 5.91 Å². The molecule has 0 radical (unpaired) electrons. The lowest BCUT2D eigenvalue weighted by Gasteiger charge is -2.25. The zero-order valence-electron chi connectivity index (χ0n) is 14.3. The Morgan fingerprint density at radius 3 is 2.80 bits per heavy atom. The quantitative estimate of drug-likeness (QED) is 0.756. The van der Waals surface area contributed by atoms with Crippen LogP contribution in [0.2, 0.25) is 0 Å². The van der Waals surface area contributed by atoms with Gasteiger partial charge in [-0.15, -0.1) is 0 Å². The van der Waals surface area contributed by atoms with Crippen LogP contribution in [0.3, 0.4) is 0 Å². The third-order valence-corrected chi connectivity index (χ3v) is 4.77. The largest absolute Gasteiger partial charge is 0.497 e. The highest BCUT2D eigenvalue weighted by Gasteiger charge is 2.22. The van der Waals surface area contributed by atoms with Crippen LogP contribution in [0.5, 0.6) is 17.2 Å². The summed E-state index contributed by atoms with van der Waals surface area (Å²) < 4.78 is 17.4. The Labute approximate surface area is 155 Å². The van der Waals surface area contributed by atoms with Gasteiger partial charge >= 0.3 is 0 Å². The maximum atomic E-state index is 13.0. The summed E-state index contributed by atoms with van der Waals surface area (Å²) in [6.07, 6.45) is 0. The summed E-state index contributed by atoms with van der Waals surface area (Å²) in [7, 11) is 1.59. The number of carbonyl (C=O) groups is 1. The van der Waals surface area contributed by atoms with Gasteiger partial charge in [-0.2, -0.15) is 0 Å². The van der Waals surface area contributed by atoms with Crippen molar-refractivity contribution in [2.45, 2.75) is 13.5 Å². The van der Waals surface area contributed by atoms with E-state index in [9.17, 15) is 4.79 Å². The Hall–Kier alpha value is -2.21. The fraction of sp³-hybridized carbons (Fsp3) is 0.316. The molecule has 1 heterocycles. The van der Waals surface area contributed by atoms with Crippen molar-refractivity contribution in [3.8, 4) is 17.2 Å². The molecule has 1 aliphatic heterocycles. The van der Waals surface area contributed by atoms with E-state index in [2.05, 4.69) is 15.9 Å². The van der Waals surface area contributed by atoms with Gasteiger partial charge in [-0.3, -0.25) is 4.79 Å². The molecule has 25 heavy (non-hydrogen) atoms. The standard InChI is InChI=1S/C19H20BrNO4/c1-3-21(19(22)15-11-14(23-2)7-8-16(15)20)12-13-5-4-6-17-18(13)25-10-9-24-17/h4-8,11H,3,9-10,12H2,1-2H3. The highest BCUT2D eigenvalue weighted by atomic mass is 79.9. The Bertz CT molecular complexity index is 778. The summed E-state index contributed by atoms with van der Waals surface area (Å²) in [4.78, 5) is 14.8. The Morgan fingerprint density at radius 2 is 2.04 bits per heavy atom. The number of ether oxygens (including phenoxy) is 3. The summed E-state index contributed by atoms with van der Waals surface area (Å²) in [5, 5.41) is 0. The molecule has 3 rings (SSSR count). The molecule has 0 spiro atoms. The van der Waals surface area contributed by atoms with Crippen molar-refractivity contribution in [3.63, 3.8) is 0 Å². The van der Waals surface area contributed by atoms with Gasteiger partial charge in [-0.25, -0.2) is 0 Å². The lowest BCUT2D eigenvalue weighted by Crippen LogP contribution is -2.31. The van der Waals surface area contributed by atoms with Gasteiger partial charge in [0.15, 0.2) is 11.5 Å². The van der Waals surface area contributed by atoms with Crippen molar-refractivity contribution in [1.82, 2.24) is 4.90 Å². The molecule has 2 aromatic carbocycles. The number of methoxy groups -OCH3 is 1. The molecule has 0 bridgehead atoms. The molecule has 0 unspecified atom stereocenters. The number of halogens is 1. The molecule has 0 aromatic heterocycles. The first-order valence-corrected chi connectivity index (χ1v) is 8.93. The molecular formula is C19H20BrNO4. The van der Waals surface area contributed by atoms with Crippen LogP contribution in [-0.4, -0.2) is 37.7 Å². The highest BCUT2D eigenvalue weighted by molar-refractivity contribution is 9.10. The van der Waals surface area contributed by atoms with Gasteiger partial charge in [-0.1, -0.05) is 12.1 Å². The van der Waals surface area contributed by atoms with E-state index in [0.29, 0.717) is 37.6 Å². The Morgan fingerprint density at radius 1 is 1.24 bits per heavy atom. The monoisotopic (exact) mass is 405 g/mol. The van der Waals surface area contributed by atoms with E-state index in [-0.39, 0.29) is 5.91 Å². The molecular weight excluding hydrogens is 386 g/mol. The molecule has 5 nitrogen and oxygen atoms in total. The van der Waals surface area contributed by atoms with Crippen LogP contribution >= 0.6 is 15.9 Å². The van der Waals surface area contributed by atoms with Crippen molar-refractivity contribution >= 4 is 21.8 Å². The van der Waals surface area contributed by atoms with Gasteiger partial charge in [-0.05, 0) is 47.1 Å². The first kappa shape index (κ1) is 17.6.